The molecule has 0 bridgehead atoms. The Kier molecular flexibility index (Phi) is 4.26. The molecule has 0 radical (unpaired) electrons. The van der Waals surface area contributed by atoms with Gasteiger partial charge < -0.3 is 15.7 Å². The molecule has 0 amide bonds. The summed E-state index contributed by atoms with van der Waals surface area (Å²) in [6, 6.07) is 4.41. The fraction of sp³-hybridized carbons (Fsp3) is 0.462. The fourth-order valence-electron chi connectivity index (χ4n) is 2.17. The second kappa shape index (κ2) is 5.80. The maximum absolute atomic E-state index is 12.6. The van der Waals surface area contributed by atoms with Gasteiger partial charge >= 0.3 is 6.18 Å². The van der Waals surface area contributed by atoms with Gasteiger partial charge in [-0.25, -0.2) is 0 Å². The topological polar surface area (TPSA) is 71.1 Å². The summed E-state index contributed by atoms with van der Waals surface area (Å²) in [5.74, 6) is 0.376. The molecule has 2 rings (SSSR count). The Hall–Kier alpha value is -1.96. The molecule has 0 saturated heterocycles. The molecule has 0 fully saturated rings. The first-order chi connectivity index (χ1) is 9.80. The van der Waals surface area contributed by atoms with E-state index in [0.717, 1.165) is 0 Å². The summed E-state index contributed by atoms with van der Waals surface area (Å²) in [5.41, 5.74) is 6.58. The van der Waals surface area contributed by atoms with Crippen molar-refractivity contribution in [2.24, 2.45) is 10.9 Å². The highest BCUT2D eigenvalue weighted by atomic mass is 19.4. The maximum Gasteiger partial charge on any atom is 0.401 e. The van der Waals surface area contributed by atoms with E-state index in [0.29, 0.717) is 16.9 Å². The molecular weight excluding hydrogens is 287 g/mol. The van der Waals surface area contributed by atoms with Crippen molar-refractivity contribution in [2.75, 3.05) is 13.2 Å². The largest absolute Gasteiger partial charge is 0.492 e. The fourth-order valence-corrected chi connectivity index (χ4v) is 2.17. The minimum absolute atomic E-state index is 0.0779. The zero-order valence-electron chi connectivity index (χ0n) is 11.4. The second-order valence-corrected chi connectivity index (χ2v) is 4.99. The lowest BCUT2D eigenvalue weighted by Gasteiger charge is -2.26. The third-order valence-corrected chi connectivity index (χ3v) is 3.33. The summed E-state index contributed by atoms with van der Waals surface area (Å²) in [5, 5.41) is 11.5. The molecule has 8 heteroatoms. The number of oxime groups is 1. The Balaban J connectivity index is 2.26. The molecule has 0 spiro atoms. The van der Waals surface area contributed by atoms with Crippen LogP contribution in [0.1, 0.15) is 18.1 Å². The number of alkyl halides is 3. The highest BCUT2D eigenvalue weighted by Crippen LogP contribution is 2.28. The molecule has 116 valence electrons. The smallest absolute Gasteiger partial charge is 0.401 e. The Morgan fingerprint density at radius 2 is 2.24 bits per heavy atom. The second-order valence-electron chi connectivity index (χ2n) is 4.99. The summed E-state index contributed by atoms with van der Waals surface area (Å²) in [6.45, 7) is 0.968. The average molecular weight is 303 g/mol. The normalized spacial score (nSPS) is 20.6. The molecule has 0 unspecified atom stereocenters. The Labute approximate surface area is 119 Å². The molecule has 5 nitrogen and oxygen atoms in total. The number of hydrogen-bond acceptors (Lipinski definition) is 4. The lowest BCUT2D eigenvalue weighted by molar-refractivity contribution is -0.152. The zero-order chi connectivity index (χ0) is 15.6. The first kappa shape index (κ1) is 15.4. The van der Waals surface area contributed by atoms with Gasteiger partial charge in [0.15, 0.2) is 5.84 Å². The van der Waals surface area contributed by atoms with E-state index in [1.807, 2.05) is 0 Å². The van der Waals surface area contributed by atoms with Gasteiger partial charge in [0.1, 0.15) is 12.4 Å². The monoisotopic (exact) mass is 303 g/mol. The number of amidine groups is 1. The van der Waals surface area contributed by atoms with Crippen LogP contribution in [0.15, 0.2) is 23.4 Å². The van der Waals surface area contributed by atoms with Crippen LogP contribution in [0.2, 0.25) is 0 Å². The molecule has 1 aromatic rings. The Bertz CT molecular complexity index is 546. The summed E-state index contributed by atoms with van der Waals surface area (Å²) in [7, 11) is 0. The van der Waals surface area contributed by atoms with Crippen LogP contribution in [0.25, 0.3) is 0 Å². The number of rotatable bonds is 2. The van der Waals surface area contributed by atoms with Gasteiger partial charge in [-0.1, -0.05) is 17.3 Å². The number of fused-ring (bicyclic) bond motifs is 1. The minimum atomic E-state index is -4.26. The highest BCUT2D eigenvalue weighted by molar-refractivity contribution is 5.97. The van der Waals surface area contributed by atoms with Crippen LogP contribution < -0.4 is 10.5 Å². The minimum Gasteiger partial charge on any atom is -0.492 e. The van der Waals surface area contributed by atoms with E-state index >= 15 is 0 Å². The summed E-state index contributed by atoms with van der Waals surface area (Å²) in [6.07, 6.45) is -4.26. The van der Waals surface area contributed by atoms with E-state index in [9.17, 15) is 13.2 Å². The summed E-state index contributed by atoms with van der Waals surface area (Å²) >= 11 is 0. The van der Waals surface area contributed by atoms with Crippen LogP contribution in [-0.4, -0.2) is 41.3 Å². The zero-order valence-corrected chi connectivity index (χ0v) is 11.4. The lowest BCUT2D eigenvalue weighted by Crippen LogP contribution is -2.41. The first-order valence-electron chi connectivity index (χ1n) is 6.34. The van der Waals surface area contributed by atoms with Gasteiger partial charge in [-0.15, -0.1) is 0 Å². The van der Waals surface area contributed by atoms with Gasteiger partial charge in [-0.05, 0) is 13.0 Å². The van der Waals surface area contributed by atoms with Crippen molar-refractivity contribution in [3.05, 3.63) is 29.3 Å². The van der Waals surface area contributed by atoms with Crippen molar-refractivity contribution in [3.63, 3.8) is 0 Å². The predicted octanol–water partition coefficient (Wildman–Crippen LogP) is 1.93. The van der Waals surface area contributed by atoms with Crippen LogP contribution in [0.4, 0.5) is 13.2 Å². The van der Waals surface area contributed by atoms with Crippen LogP contribution in [-0.2, 0) is 6.54 Å². The van der Waals surface area contributed by atoms with Gasteiger partial charge in [0.2, 0.25) is 0 Å². The average Bonchev–Trinajstić information content (AvgIpc) is 2.56. The molecule has 0 aromatic heterocycles. The number of ether oxygens (including phenoxy) is 1. The molecule has 3 N–H and O–H groups in total. The van der Waals surface area contributed by atoms with Gasteiger partial charge in [0.05, 0.1) is 6.54 Å². The van der Waals surface area contributed by atoms with Crippen molar-refractivity contribution >= 4 is 5.84 Å². The number of hydrogen-bond donors (Lipinski definition) is 2. The molecule has 0 saturated carbocycles. The number of halogens is 3. The molecular formula is C13H16F3N3O2. The van der Waals surface area contributed by atoms with E-state index < -0.39 is 12.7 Å². The molecule has 1 heterocycles. The molecule has 1 aromatic carbocycles. The molecule has 1 aliphatic rings. The van der Waals surface area contributed by atoms with E-state index in [2.05, 4.69) is 5.16 Å². The van der Waals surface area contributed by atoms with Gasteiger partial charge in [-0.2, -0.15) is 13.2 Å². The van der Waals surface area contributed by atoms with Crippen LogP contribution in [0, 0.1) is 0 Å². The first-order valence-corrected chi connectivity index (χ1v) is 6.34. The van der Waals surface area contributed by atoms with Crippen molar-refractivity contribution in [1.29, 1.82) is 0 Å². The maximum atomic E-state index is 12.6. The Morgan fingerprint density at radius 3 is 2.86 bits per heavy atom. The van der Waals surface area contributed by atoms with E-state index in [1.165, 1.54) is 4.90 Å². The van der Waals surface area contributed by atoms with E-state index in [-0.39, 0.29) is 25.0 Å². The van der Waals surface area contributed by atoms with Crippen molar-refractivity contribution in [3.8, 4) is 5.75 Å². The highest BCUT2D eigenvalue weighted by Gasteiger charge is 2.34. The van der Waals surface area contributed by atoms with Gasteiger partial charge in [0, 0.05) is 23.7 Å². The number of nitrogens with zero attached hydrogens (tertiary/aromatic N) is 2. The summed E-state index contributed by atoms with van der Waals surface area (Å²) < 4.78 is 43.3. The summed E-state index contributed by atoms with van der Waals surface area (Å²) in [4.78, 5) is 1.31. The molecule has 1 aliphatic heterocycles. The number of nitrogens with two attached hydrogens (primary N) is 1. The predicted molar refractivity (Wildman–Crippen MR) is 70.4 cm³/mol. The van der Waals surface area contributed by atoms with Gasteiger partial charge in [-0.3, -0.25) is 4.90 Å². The van der Waals surface area contributed by atoms with Gasteiger partial charge in [0.25, 0.3) is 0 Å². The lowest BCUT2D eigenvalue weighted by atomic mass is 10.1. The van der Waals surface area contributed by atoms with Crippen LogP contribution in [0.5, 0.6) is 5.75 Å². The quantitative estimate of drug-likeness (QED) is 0.379. The Morgan fingerprint density at radius 1 is 1.52 bits per heavy atom. The standard InChI is InChI=1S/C13H16F3N3O2/c1-8-6-21-11-4-9(12(17)18-20)2-3-10(11)5-19(8)7-13(14,15)16/h2-4,8,20H,5-7H2,1H3,(H2,17,18)/t8-/m0/s1. The third-order valence-electron chi connectivity index (χ3n) is 3.33. The molecule has 0 aliphatic carbocycles. The van der Waals surface area contributed by atoms with Crippen molar-refractivity contribution < 1.29 is 23.1 Å². The SMILES string of the molecule is C[C@H]1COc2cc(C(N)=NO)ccc2CN1CC(F)(F)F. The van der Waals surface area contributed by atoms with Crippen LogP contribution >= 0.6 is 0 Å². The number of benzene rings is 1. The molecule has 1 atom stereocenters. The van der Waals surface area contributed by atoms with Crippen molar-refractivity contribution in [1.82, 2.24) is 4.90 Å². The molecule has 21 heavy (non-hydrogen) atoms. The van der Waals surface area contributed by atoms with Crippen molar-refractivity contribution in [2.45, 2.75) is 25.7 Å². The van der Waals surface area contributed by atoms with Crippen LogP contribution in [0.3, 0.4) is 0 Å². The third kappa shape index (κ3) is 3.78. The van der Waals surface area contributed by atoms with E-state index in [1.54, 1.807) is 25.1 Å². The van der Waals surface area contributed by atoms with E-state index in [4.69, 9.17) is 15.7 Å².